The SMILES string of the molecule is N#Cc1cccc(COC(=O)c2cnn(Cc3ccccc3Cl)c2)c1. The Hall–Kier alpha value is -3.10. The maximum atomic E-state index is 12.1. The van der Waals surface area contributed by atoms with Crippen molar-refractivity contribution >= 4 is 17.6 Å². The predicted octanol–water partition coefficient (Wildman–Crippen LogP) is 3.81. The number of benzene rings is 2. The van der Waals surface area contributed by atoms with Gasteiger partial charge in [-0.25, -0.2) is 4.79 Å². The molecule has 0 amide bonds. The fraction of sp³-hybridized carbons (Fsp3) is 0.105. The standard InChI is InChI=1S/C19H14ClN3O2/c20-18-7-2-1-6-16(18)11-23-12-17(10-22-23)19(24)25-13-15-5-3-4-14(8-15)9-21/h1-8,10,12H,11,13H2. The van der Waals surface area contributed by atoms with Crippen molar-refractivity contribution in [2.75, 3.05) is 0 Å². The van der Waals surface area contributed by atoms with Crippen molar-refractivity contribution in [2.24, 2.45) is 0 Å². The van der Waals surface area contributed by atoms with Gasteiger partial charge >= 0.3 is 5.97 Å². The zero-order valence-electron chi connectivity index (χ0n) is 13.2. The van der Waals surface area contributed by atoms with E-state index in [4.69, 9.17) is 21.6 Å². The van der Waals surface area contributed by atoms with E-state index < -0.39 is 5.97 Å². The molecule has 0 saturated carbocycles. The number of carbonyl (C=O) groups is 1. The van der Waals surface area contributed by atoms with Crippen molar-refractivity contribution in [3.8, 4) is 6.07 Å². The van der Waals surface area contributed by atoms with Crippen LogP contribution in [0.2, 0.25) is 5.02 Å². The Balaban J connectivity index is 1.62. The van der Waals surface area contributed by atoms with E-state index in [1.165, 1.54) is 6.20 Å². The summed E-state index contributed by atoms with van der Waals surface area (Å²) in [6.07, 6.45) is 3.09. The van der Waals surface area contributed by atoms with E-state index in [2.05, 4.69) is 11.2 Å². The van der Waals surface area contributed by atoms with Crippen LogP contribution in [0.4, 0.5) is 0 Å². The number of hydrogen-bond donors (Lipinski definition) is 0. The van der Waals surface area contributed by atoms with Crippen LogP contribution in [0.5, 0.6) is 0 Å². The summed E-state index contributed by atoms with van der Waals surface area (Å²) in [5.41, 5.74) is 2.57. The van der Waals surface area contributed by atoms with Gasteiger partial charge in [0.15, 0.2) is 0 Å². The van der Waals surface area contributed by atoms with Gasteiger partial charge < -0.3 is 4.74 Å². The number of carbonyl (C=O) groups excluding carboxylic acids is 1. The maximum absolute atomic E-state index is 12.1. The number of esters is 1. The Morgan fingerprint density at radius 2 is 2.08 bits per heavy atom. The minimum atomic E-state index is -0.465. The second-order valence-electron chi connectivity index (χ2n) is 5.41. The predicted molar refractivity (Wildman–Crippen MR) is 93.1 cm³/mol. The number of nitriles is 1. The molecule has 1 heterocycles. The van der Waals surface area contributed by atoms with Crippen LogP contribution in [0.15, 0.2) is 60.9 Å². The summed E-state index contributed by atoms with van der Waals surface area (Å²) in [7, 11) is 0. The van der Waals surface area contributed by atoms with E-state index in [1.54, 1.807) is 35.1 Å². The van der Waals surface area contributed by atoms with Crippen molar-refractivity contribution < 1.29 is 9.53 Å². The van der Waals surface area contributed by atoms with E-state index in [0.717, 1.165) is 11.1 Å². The van der Waals surface area contributed by atoms with Gasteiger partial charge in [-0.2, -0.15) is 10.4 Å². The third-order valence-corrected chi connectivity index (χ3v) is 3.95. The van der Waals surface area contributed by atoms with Crippen LogP contribution in [0.1, 0.15) is 27.0 Å². The number of ether oxygens (including phenoxy) is 1. The molecule has 3 aromatic rings. The van der Waals surface area contributed by atoms with Crippen molar-refractivity contribution in [1.82, 2.24) is 9.78 Å². The molecule has 25 heavy (non-hydrogen) atoms. The lowest BCUT2D eigenvalue weighted by Gasteiger charge is -2.04. The quantitative estimate of drug-likeness (QED) is 0.655. The summed E-state index contributed by atoms with van der Waals surface area (Å²) in [6, 6.07) is 16.5. The van der Waals surface area contributed by atoms with Gasteiger partial charge in [-0.3, -0.25) is 4.68 Å². The number of nitrogens with zero attached hydrogens (tertiary/aromatic N) is 3. The maximum Gasteiger partial charge on any atom is 0.341 e. The average molecular weight is 352 g/mol. The van der Waals surface area contributed by atoms with Crippen LogP contribution >= 0.6 is 11.6 Å². The molecule has 0 fully saturated rings. The Kier molecular flexibility index (Phi) is 5.12. The highest BCUT2D eigenvalue weighted by atomic mass is 35.5. The fourth-order valence-corrected chi connectivity index (χ4v) is 2.51. The van der Waals surface area contributed by atoms with Gasteiger partial charge in [0.05, 0.1) is 29.9 Å². The highest BCUT2D eigenvalue weighted by Gasteiger charge is 2.11. The summed E-state index contributed by atoms with van der Waals surface area (Å²) in [6.45, 7) is 0.571. The van der Waals surface area contributed by atoms with Crippen molar-refractivity contribution in [2.45, 2.75) is 13.2 Å². The highest BCUT2D eigenvalue weighted by Crippen LogP contribution is 2.16. The molecule has 2 aromatic carbocycles. The lowest BCUT2D eigenvalue weighted by Crippen LogP contribution is -2.05. The second-order valence-corrected chi connectivity index (χ2v) is 5.81. The lowest BCUT2D eigenvalue weighted by molar-refractivity contribution is 0.0472. The highest BCUT2D eigenvalue weighted by molar-refractivity contribution is 6.31. The Morgan fingerprint density at radius 3 is 2.88 bits per heavy atom. The van der Waals surface area contributed by atoms with Crippen molar-refractivity contribution in [3.63, 3.8) is 0 Å². The van der Waals surface area contributed by atoms with Gasteiger partial charge in [-0.1, -0.05) is 41.9 Å². The normalized spacial score (nSPS) is 10.2. The van der Waals surface area contributed by atoms with Gasteiger partial charge in [0.1, 0.15) is 6.61 Å². The summed E-state index contributed by atoms with van der Waals surface area (Å²) >= 11 is 6.13. The molecule has 5 nitrogen and oxygen atoms in total. The first kappa shape index (κ1) is 16.7. The van der Waals surface area contributed by atoms with E-state index in [9.17, 15) is 4.79 Å². The first-order valence-corrected chi connectivity index (χ1v) is 7.95. The number of aromatic nitrogens is 2. The van der Waals surface area contributed by atoms with E-state index >= 15 is 0 Å². The first-order valence-electron chi connectivity index (χ1n) is 7.58. The molecular formula is C19H14ClN3O2. The number of halogens is 1. The second kappa shape index (κ2) is 7.65. The molecule has 0 aliphatic rings. The van der Waals surface area contributed by atoms with Gasteiger partial charge in [0, 0.05) is 11.2 Å². The van der Waals surface area contributed by atoms with Crippen LogP contribution in [0, 0.1) is 11.3 Å². The van der Waals surface area contributed by atoms with Gasteiger partial charge in [0.2, 0.25) is 0 Å². The van der Waals surface area contributed by atoms with Crippen molar-refractivity contribution in [1.29, 1.82) is 5.26 Å². The van der Waals surface area contributed by atoms with Crippen LogP contribution in [-0.4, -0.2) is 15.7 Å². The Labute approximate surface area is 150 Å². The van der Waals surface area contributed by atoms with Crippen LogP contribution in [-0.2, 0) is 17.9 Å². The van der Waals surface area contributed by atoms with Gasteiger partial charge in [-0.15, -0.1) is 0 Å². The molecule has 0 radical (unpaired) electrons. The van der Waals surface area contributed by atoms with E-state index in [0.29, 0.717) is 22.7 Å². The fourth-order valence-electron chi connectivity index (χ4n) is 2.32. The smallest absolute Gasteiger partial charge is 0.341 e. The van der Waals surface area contributed by atoms with E-state index in [-0.39, 0.29) is 6.61 Å². The van der Waals surface area contributed by atoms with Crippen LogP contribution < -0.4 is 0 Å². The minimum absolute atomic E-state index is 0.101. The molecule has 124 valence electrons. The van der Waals surface area contributed by atoms with Gasteiger partial charge in [0.25, 0.3) is 0 Å². The largest absolute Gasteiger partial charge is 0.457 e. The summed E-state index contributed by atoms with van der Waals surface area (Å²) in [5, 5.41) is 13.7. The van der Waals surface area contributed by atoms with E-state index in [1.807, 2.05) is 24.3 Å². The monoisotopic (exact) mass is 351 g/mol. The average Bonchev–Trinajstić information content (AvgIpc) is 3.10. The lowest BCUT2D eigenvalue weighted by atomic mass is 10.1. The van der Waals surface area contributed by atoms with Crippen LogP contribution in [0.3, 0.4) is 0 Å². The molecule has 6 heteroatoms. The molecule has 3 rings (SSSR count). The Bertz CT molecular complexity index is 944. The van der Waals surface area contributed by atoms with Gasteiger partial charge in [-0.05, 0) is 29.3 Å². The zero-order chi connectivity index (χ0) is 17.6. The summed E-state index contributed by atoms with van der Waals surface area (Å²) in [5.74, 6) is -0.465. The molecule has 1 aromatic heterocycles. The summed E-state index contributed by atoms with van der Waals surface area (Å²) in [4.78, 5) is 12.1. The molecule has 0 bridgehead atoms. The van der Waals surface area contributed by atoms with Crippen molar-refractivity contribution in [3.05, 3.63) is 88.2 Å². The molecule has 0 unspecified atom stereocenters. The van der Waals surface area contributed by atoms with Crippen LogP contribution in [0.25, 0.3) is 0 Å². The third-order valence-electron chi connectivity index (χ3n) is 3.59. The number of rotatable bonds is 5. The molecule has 0 aliphatic carbocycles. The third kappa shape index (κ3) is 4.25. The first-order chi connectivity index (χ1) is 12.2. The molecule has 0 aliphatic heterocycles. The molecule has 0 atom stereocenters. The number of hydrogen-bond acceptors (Lipinski definition) is 4. The zero-order valence-corrected chi connectivity index (χ0v) is 14.0. The molecule has 0 saturated heterocycles. The molecule has 0 N–H and O–H groups in total. The summed E-state index contributed by atoms with van der Waals surface area (Å²) < 4.78 is 6.91. The molecule has 0 spiro atoms. The topological polar surface area (TPSA) is 67.9 Å². The minimum Gasteiger partial charge on any atom is -0.457 e. The molecular weight excluding hydrogens is 338 g/mol. The Morgan fingerprint density at radius 1 is 1.24 bits per heavy atom.